The zero-order chi connectivity index (χ0) is 34.4. The van der Waals surface area contributed by atoms with Gasteiger partial charge in [-0.05, 0) is 108 Å². The summed E-state index contributed by atoms with van der Waals surface area (Å²) in [6.07, 6.45) is 3.74. The molecule has 0 fully saturated rings. The van der Waals surface area contributed by atoms with Gasteiger partial charge in [-0.1, -0.05) is 78.9 Å². The number of hydrogen-bond donors (Lipinski definition) is 0. The topological polar surface area (TPSA) is 19.4 Å². The maximum atomic E-state index is 4.34. The Morgan fingerprint density at radius 3 is 1.48 bits per heavy atom. The molecule has 0 aliphatic heterocycles. The van der Waals surface area contributed by atoms with Crippen LogP contribution in [0.3, 0.4) is 0 Å². The molecule has 0 unspecified atom stereocenters. The Kier molecular flexibility index (Phi) is 7.52. The van der Waals surface area contributed by atoms with E-state index in [2.05, 4.69) is 185 Å². The number of benzene rings is 7. The van der Waals surface area contributed by atoms with Crippen molar-refractivity contribution in [3.8, 4) is 11.1 Å². The van der Waals surface area contributed by atoms with Crippen molar-refractivity contribution in [3.63, 3.8) is 0 Å². The fraction of sp³-hybridized carbons (Fsp3) is 0. The van der Waals surface area contributed by atoms with Crippen LogP contribution in [0.5, 0.6) is 0 Å². The molecular weight excluding hydrogens is 671 g/mol. The van der Waals surface area contributed by atoms with Crippen molar-refractivity contribution in [2.45, 2.75) is 0 Å². The fourth-order valence-electron chi connectivity index (χ4n) is 7.27. The number of fused-ring (bicyclic) bond motifs is 6. The van der Waals surface area contributed by atoms with Gasteiger partial charge in [0.25, 0.3) is 0 Å². The Hall–Kier alpha value is -6.27. The number of para-hydroxylation sites is 2. The van der Waals surface area contributed by atoms with Gasteiger partial charge in [-0.2, -0.15) is 0 Å². The number of nitrogens with zero attached hydrogens (tertiary/aromatic N) is 3. The first kappa shape index (κ1) is 30.5. The van der Waals surface area contributed by atoms with Gasteiger partial charge >= 0.3 is 0 Å². The first-order valence-electron chi connectivity index (χ1n) is 17.4. The third kappa shape index (κ3) is 5.39. The van der Waals surface area contributed by atoms with Gasteiger partial charge in [-0.15, -0.1) is 22.7 Å². The number of hydrogen-bond acceptors (Lipinski definition) is 5. The minimum Gasteiger partial charge on any atom is -0.310 e. The average Bonchev–Trinajstić information content (AvgIpc) is 3.77. The van der Waals surface area contributed by atoms with E-state index < -0.39 is 0 Å². The van der Waals surface area contributed by atoms with Crippen LogP contribution in [-0.4, -0.2) is 4.98 Å². The van der Waals surface area contributed by atoms with Crippen LogP contribution in [0.25, 0.3) is 51.5 Å². The van der Waals surface area contributed by atoms with Crippen LogP contribution >= 0.6 is 22.7 Å². The fourth-order valence-corrected chi connectivity index (χ4v) is 9.48. The molecule has 0 atom stereocenters. The quantitative estimate of drug-likeness (QED) is 0.165. The molecule has 0 bridgehead atoms. The molecule has 0 amide bonds. The molecule has 3 nitrogen and oxygen atoms in total. The highest BCUT2D eigenvalue weighted by molar-refractivity contribution is 7.26. The minimum absolute atomic E-state index is 1.11. The van der Waals surface area contributed by atoms with Crippen LogP contribution in [0, 0.1) is 0 Å². The van der Waals surface area contributed by atoms with E-state index in [4.69, 9.17) is 0 Å². The lowest BCUT2D eigenvalue weighted by Crippen LogP contribution is -2.09. The summed E-state index contributed by atoms with van der Waals surface area (Å²) in [5.74, 6) is 0. The molecule has 10 aromatic rings. The average molecular weight is 702 g/mol. The van der Waals surface area contributed by atoms with Crippen molar-refractivity contribution >= 4 is 97.1 Å². The lowest BCUT2D eigenvalue weighted by Gasteiger charge is -2.26. The number of anilines is 6. The summed E-state index contributed by atoms with van der Waals surface area (Å²) in [6.45, 7) is 0. The monoisotopic (exact) mass is 701 g/mol. The van der Waals surface area contributed by atoms with E-state index in [0.29, 0.717) is 0 Å². The minimum atomic E-state index is 1.11. The summed E-state index contributed by atoms with van der Waals surface area (Å²) in [5, 5.41) is 5.11. The molecule has 52 heavy (non-hydrogen) atoms. The lowest BCUT2D eigenvalue weighted by atomic mass is 10.1. The van der Waals surface area contributed by atoms with Crippen LogP contribution in [0.4, 0.5) is 34.1 Å². The Labute approximate surface area is 309 Å². The second kappa shape index (κ2) is 12.8. The SMILES string of the molecule is c1ccc(N(c2ccccc2)c2ccc3sc4cc(N(c5ccc(-c6cccnc6)cc5)c5ccc6sc7ccccc7c6c5)ccc4c3c2)cc1. The van der Waals surface area contributed by atoms with Gasteiger partial charge in [0.1, 0.15) is 0 Å². The van der Waals surface area contributed by atoms with Gasteiger partial charge in [-0.3, -0.25) is 4.98 Å². The molecule has 0 aliphatic carbocycles. The molecule has 0 spiro atoms. The first-order chi connectivity index (χ1) is 25.8. The molecule has 0 N–H and O–H groups in total. The lowest BCUT2D eigenvalue weighted by molar-refractivity contribution is 1.29. The highest BCUT2D eigenvalue weighted by Crippen LogP contribution is 2.45. The molecule has 246 valence electrons. The standard InChI is InChI=1S/C47H31N3S2/c1-3-11-34(12-4-1)49(35-13-5-2-6-14-35)37-22-26-46-43(28-37)41-24-21-39(30-47(41)52-46)50(36-19-17-32(18-20-36)33-10-9-27-48-31-33)38-23-25-45-42(29-38)40-15-7-8-16-44(40)51-45/h1-31H. The zero-order valence-electron chi connectivity index (χ0n) is 28.1. The largest absolute Gasteiger partial charge is 0.310 e. The van der Waals surface area contributed by atoms with E-state index in [0.717, 1.165) is 45.3 Å². The summed E-state index contributed by atoms with van der Waals surface area (Å²) in [7, 11) is 0. The third-order valence-electron chi connectivity index (χ3n) is 9.72. The maximum Gasteiger partial charge on any atom is 0.0476 e. The predicted molar refractivity (Wildman–Crippen MR) is 225 cm³/mol. The van der Waals surface area contributed by atoms with Gasteiger partial charge in [0, 0.05) is 86.9 Å². The number of rotatable bonds is 7. The molecule has 0 aliphatic rings. The summed E-state index contributed by atoms with van der Waals surface area (Å²) < 4.78 is 5.14. The number of thiophene rings is 2. The molecule has 7 aromatic carbocycles. The van der Waals surface area contributed by atoms with Crippen LogP contribution in [0.2, 0.25) is 0 Å². The second-order valence-electron chi connectivity index (χ2n) is 12.9. The smallest absolute Gasteiger partial charge is 0.0476 e. The Morgan fingerprint density at radius 1 is 0.327 bits per heavy atom. The summed E-state index contributed by atoms with van der Waals surface area (Å²) in [5.41, 5.74) is 9.03. The van der Waals surface area contributed by atoms with Crippen LogP contribution < -0.4 is 9.80 Å². The van der Waals surface area contributed by atoms with E-state index >= 15 is 0 Å². The summed E-state index contributed by atoms with van der Waals surface area (Å²) >= 11 is 3.70. The van der Waals surface area contributed by atoms with E-state index in [1.54, 1.807) is 0 Å². The Morgan fingerprint density at radius 2 is 0.827 bits per heavy atom. The number of aromatic nitrogens is 1. The van der Waals surface area contributed by atoms with Crippen molar-refractivity contribution in [1.29, 1.82) is 0 Å². The van der Waals surface area contributed by atoms with E-state index in [1.165, 1.54) is 40.3 Å². The highest BCUT2D eigenvalue weighted by atomic mass is 32.1. The normalized spacial score (nSPS) is 11.5. The molecular formula is C47H31N3S2. The number of pyridine rings is 1. The Bertz CT molecular complexity index is 2800. The van der Waals surface area contributed by atoms with Crippen LogP contribution in [0.15, 0.2) is 188 Å². The molecule has 10 rings (SSSR count). The van der Waals surface area contributed by atoms with E-state index in [9.17, 15) is 0 Å². The van der Waals surface area contributed by atoms with Crippen molar-refractivity contribution in [2.24, 2.45) is 0 Å². The second-order valence-corrected chi connectivity index (χ2v) is 15.0. The third-order valence-corrected chi connectivity index (χ3v) is 12.0. The van der Waals surface area contributed by atoms with Gasteiger partial charge in [0.05, 0.1) is 0 Å². The Balaban J connectivity index is 1.11. The van der Waals surface area contributed by atoms with Crippen molar-refractivity contribution in [2.75, 3.05) is 9.80 Å². The maximum absolute atomic E-state index is 4.34. The van der Waals surface area contributed by atoms with Gasteiger partial charge in [0.15, 0.2) is 0 Å². The van der Waals surface area contributed by atoms with E-state index in [-0.39, 0.29) is 0 Å². The highest BCUT2D eigenvalue weighted by Gasteiger charge is 2.18. The summed E-state index contributed by atoms with van der Waals surface area (Å²) in [6, 6.07) is 63.6. The molecule has 0 radical (unpaired) electrons. The summed E-state index contributed by atoms with van der Waals surface area (Å²) in [4.78, 5) is 9.07. The predicted octanol–water partition coefficient (Wildman–Crippen LogP) is 14.4. The van der Waals surface area contributed by atoms with Crippen molar-refractivity contribution < 1.29 is 0 Å². The molecule has 3 heterocycles. The van der Waals surface area contributed by atoms with Crippen molar-refractivity contribution in [3.05, 3.63) is 188 Å². The first-order valence-corrected chi connectivity index (χ1v) is 19.0. The van der Waals surface area contributed by atoms with E-state index in [1.807, 2.05) is 41.1 Å². The molecule has 3 aromatic heterocycles. The zero-order valence-corrected chi connectivity index (χ0v) is 29.7. The van der Waals surface area contributed by atoms with Crippen LogP contribution in [0.1, 0.15) is 0 Å². The van der Waals surface area contributed by atoms with Crippen LogP contribution in [-0.2, 0) is 0 Å². The molecule has 0 saturated carbocycles. The molecule has 5 heteroatoms. The van der Waals surface area contributed by atoms with Gasteiger partial charge in [0.2, 0.25) is 0 Å². The van der Waals surface area contributed by atoms with Crippen molar-refractivity contribution in [1.82, 2.24) is 4.98 Å². The van der Waals surface area contributed by atoms with Gasteiger partial charge < -0.3 is 9.80 Å². The molecule has 0 saturated heterocycles. The van der Waals surface area contributed by atoms with Gasteiger partial charge in [-0.25, -0.2) is 0 Å².